The molecular formula is C18H19BrF3N3O2. The maximum Gasteiger partial charge on any atom is 0.416 e. The third-order valence-corrected chi connectivity index (χ3v) is 5.47. The van der Waals surface area contributed by atoms with Crippen LogP contribution in [0.25, 0.3) is 0 Å². The SMILES string of the molecule is CCc1nc(Br)n2c1C(CCc1ccc(C(F)(F)F)cc1)N(C(=O)O)CC2. The summed E-state index contributed by atoms with van der Waals surface area (Å²) in [5.41, 5.74) is 1.75. The molecule has 0 radical (unpaired) electrons. The molecule has 27 heavy (non-hydrogen) atoms. The van der Waals surface area contributed by atoms with Crippen molar-refractivity contribution in [3.8, 4) is 0 Å². The lowest BCUT2D eigenvalue weighted by atomic mass is 9.97. The Bertz CT molecular complexity index is 834. The average molecular weight is 446 g/mol. The number of aromatic nitrogens is 2. The Labute approximate surface area is 162 Å². The van der Waals surface area contributed by atoms with E-state index in [0.29, 0.717) is 37.1 Å². The molecule has 3 rings (SSSR count). The zero-order valence-electron chi connectivity index (χ0n) is 14.6. The predicted molar refractivity (Wildman–Crippen MR) is 96.5 cm³/mol. The van der Waals surface area contributed by atoms with Crippen LogP contribution in [0.2, 0.25) is 0 Å². The van der Waals surface area contributed by atoms with Crippen LogP contribution in [-0.4, -0.2) is 32.2 Å². The van der Waals surface area contributed by atoms with E-state index in [1.54, 1.807) is 0 Å². The third kappa shape index (κ3) is 3.97. The minimum atomic E-state index is -4.36. The molecule has 1 aromatic carbocycles. The number of fused-ring (bicyclic) bond motifs is 1. The van der Waals surface area contributed by atoms with E-state index in [4.69, 9.17) is 0 Å². The van der Waals surface area contributed by atoms with Gasteiger partial charge in [-0.25, -0.2) is 9.78 Å². The molecule has 0 fully saturated rings. The van der Waals surface area contributed by atoms with Gasteiger partial charge in [0.1, 0.15) is 0 Å². The largest absolute Gasteiger partial charge is 0.465 e. The van der Waals surface area contributed by atoms with Crippen molar-refractivity contribution in [3.05, 3.63) is 51.5 Å². The molecule has 0 saturated carbocycles. The van der Waals surface area contributed by atoms with Crippen molar-refractivity contribution >= 4 is 22.0 Å². The predicted octanol–water partition coefficient (Wildman–Crippen LogP) is 4.89. The molecule has 2 aromatic rings. The second-order valence-corrected chi connectivity index (χ2v) is 7.15. The molecule has 0 bridgehead atoms. The fraction of sp³-hybridized carbons (Fsp3) is 0.444. The van der Waals surface area contributed by atoms with Crippen molar-refractivity contribution in [2.24, 2.45) is 0 Å². The molecule has 1 N–H and O–H groups in total. The van der Waals surface area contributed by atoms with Gasteiger partial charge in [-0.2, -0.15) is 13.2 Å². The number of benzene rings is 1. The molecule has 1 aliphatic rings. The van der Waals surface area contributed by atoms with Gasteiger partial charge in [0.25, 0.3) is 0 Å². The van der Waals surface area contributed by atoms with Gasteiger partial charge in [0.05, 0.1) is 23.0 Å². The Morgan fingerprint density at radius 3 is 2.52 bits per heavy atom. The number of nitrogens with zero attached hydrogens (tertiary/aromatic N) is 3. The van der Waals surface area contributed by atoms with Crippen LogP contribution in [0.1, 0.15) is 41.9 Å². The molecule has 1 aliphatic heterocycles. The number of alkyl halides is 3. The van der Waals surface area contributed by atoms with Crippen LogP contribution in [0.5, 0.6) is 0 Å². The number of rotatable bonds is 4. The van der Waals surface area contributed by atoms with E-state index < -0.39 is 17.8 Å². The first-order valence-electron chi connectivity index (χ1n) is 8.62. The fourth-order valence-corrected chi connectivity index (χ4v) is 4.11. The van der Waals surface area contributed by atoms with E-state index in [1.165, 1.54) is 17.0 Å². The second kappa shape index (κ2) is 7.53. The molecule has 1 amide bonds. The summed E-state index contributed by atoms with van der Waals surface area (Å²) in [6, 6.07) is 4.63. The highest BCUT2D eigenvalue weighted by molar-refractivity contribution is 9.10. The van der Waals surface area contributed by atoms with Gasteiger partial charge in [-0.1, -0.05) is 19.1 Å². The van der Waals surface area contributed by atoms with Gasteiger partial charge >= 0.3 is 12.3 Å². The van der Waals surface area contributed by atoms with Gasteiger partial charge in [0.2, 0.25) is 0 Å². The summed E-state index contributed by atoms with van der Waals surface area (Å²) < 4.78 is 40.8. The summed E-state index contributed by atoms with van der Waals surface area (Å²) in [5, 5.41) is 9.59. The second-order valence-electron chi connectivity index (χ2n) is 6.44. The molecule has 146 valence electrons. The van der Waals surface area contributed by atoms with Crippen molar-refractivity contribution in [2.45, 2.75) is 44.9 Å². The fourth-order valence-electron chi connectivity index (χ4n) is 3.53. The number of aryl methyl sites for hydroxylation is 2. The van der Waals surface area contributed by atoms with Crippen molar-refractivity contribution in [3.63, 3.8) is 0 Å². The highest BCUT2D eigenvalue weighted by Gasteiger charge is 2.35. The van der Waals surface area contributed by atoms with E-state index >= 15 is 0 Å². The lowest BCUT2D eigenvalue weighted by Crippen LogP contribution is -2.42. The Morgan fingerprint density at radius 1 is 1.30 bits per heavy atom. The van der Waals surface area contributed by atoms with Crippen LogP contribution in [0, 0.1) is 0 Å². The average Bonchev–Trinajstić information content (AvgIpc) is 2.95. The zero-order valence-corrected chi connectivity index (χ0v) is 16.2. The quantitative estimate of drug-likeness (QED) is 0.728. The Kier molecular flexibility index (Phi) is 5.50. The summed E-state index contributed by atoms with van der Waals surface area (Å²) >= 11 is 3.43. The molecule has 5 nitrogen and oxygen atoms in total. The standard InChI is InChI=1S/C18H19BrF3N3O2/c1-2-13-15-14(24(17(26)27)9-10-25(15)16(19)23-13)8-5-11-3-6-12(7-4-11)18(20,21)22/h3-4,6-7,14H,2,5,8-10H2,1H3,(H,26,27). The number of halogens is 4. The van der Waals surface area contributed by atoms with Crippen LogP contribution in [0.4, 0.5) is 18.0 Å². The van der Waals surface area contributed by atoms with Crippen LogP contribution >= 0.6 is 15.9 Å². The first-order valence-corrected chi connectivity index (χ1v) is 9.42. The maximum atomic E-state index is 12.7. The molecule has 0 spiro atoms. The molecule has 0 saturated heterocycles. The van der Waals surface area contributed by atoms with Gasteiger partial charge in [0.15, 0.2) is 4.73 Å². The van der Waals surface area contributed by atoms with E-state index in [9.17, 15) is 23.1 Å². The summed E-state index contributed by atoms with van der Waals surface area (Å²) in [4.78, 5) is 17.6. The summed E-state index contributed by atoms with van der Waals surface area (Å²) in [6.45, 7) is 2.83. The van der Waals surface area contributed by atoms with Crippen LogP contribution in [0.15, 0.2) is 29.0 Å². The molecule has 2 heterocycles. The van der Waals surface area contributed by atoms with Gasteiger partial charge in [-0.15, -0.1) is 0 Å². The molecule has 9 heteroatoms. The van der Waals surface area contributed by atoms with E-state index in [0.717, 1.165) is 29.1 Å². The third-order valence-electron chi connectivity index (χ3n) is 4.86. The number of carbonyl (C=O) groups is 1. The monoisotopic (exact) mass is 445 g/mol. The normalized spacial score (nSPS) is 17.1. The Morgan fingerprint density at radius 2 is 1.96 bits per heavy atom. The summed E-state index contributed by atoms with van der Waals surface area (Å²) in [5.74, 6) is 0. The number of carboxylic acid groups (broad SMARTS) is 1. The lowest BCUT2D eigenvalue weighted by Gasteiger charge is -2.35. The number of hydrogen-bond acceptors (Lipinski definition) is 2. The van der Waals surface area contributed by atoms with E-state index in [2.05, 4.69) is 20.9 Å². The van der Waals surface area contributed by atoms with E-state index in [1.807, 2.05) is 11.5 Å². The molecule has 1 atom stereocenters. The highest BCUT2D eigenvalue weighted by atomic mass is 79.9. The Hall–Kier alpha value is -2.03. The minimum Gasteiger partial charge on any atom is -0.465 e. The molecule has 1 unspecified atom stereocenters. The van der Waals surface area contributed by atoms with Crippen molar-refractivity contribution < 1.29 is 23.1 Å². The smallest absolute Gasteiger partial charge is 0.416 e. The minimum absolute atomic E-state index is 0.345. The first-order chi connectivity index (χ1) is 12.7. The molecular weight excluding hydrogens is 427 g/mol. The van der Waals surface area contributed by atoms with E-state index in [-0.39, 0.29) is 6.04 Å². The topological polar surface area (TPSA) is 58.4 Å². The Balaban J connectivity index is 1.84. The summed E-state index contributed by atoms with van der Waals surface area (Å²) in [6.07, 6.45) is -3.75. The summed E-state index contributed by atoms with van der Waals surface area (Å²) in [7, 11) is 0. The number of imidazole rings is 1. The van der Waals surface area contributed by atoms with Crippen molar-refractivity contribution in [1.29, 1.82) is 0 Å². The van der Waals surface area contributed by atoms with Gasteiger partial charge in [-0.3, -0.25) is 4.90 Å². The maximum absolute atomic E-state index is 12.7. The van der Waals surface area contributed by atoms with Crippen LogP contribution in [-0.2, 0) is 25.6 Å². The van der Waals surface area contributed by atoms with Crippen LogP contribution < -0.4 is 0 Å². The van der Waals surface area contributed by atoms with Crippen molar-refractivity contribution in [2.75, 3.05) is 6.54 Å². The van der Waals surface area contributed by atoms with Gasteiger partial charge < -0.3 is 9.67 Å². The number of hydrogen-bond donors (Lipinski definition) is 1. The molecule has 1 aromatic heterocycles. The highest BCUT2D eigenvalue weighted by Crippen LogP contribution is 2.35. The first kappa shape index (κ1) is 19.7. The van der Waals surface area contributed by atoms with Gasteiger partial charge in [0, 0.05) is 13.1 Å². The van der Waals surface area contributed by atoms with Crippen molar-refractivity contribution in [1.82, 2.24) is 14.5 Å². The van der Waals surface area contributed by atoms with Crippen LogP contribution in [0.3, 0.4) is 0 Å². The number of amides is 1. The van der Waals surface area contributed by atoms with Gasteiger partial charge in [-0.05, 0) is 52.9 Å². The molecule has 0 aliphatic carbocycles. The lowest BCUT2D eigenvalue weighted by molar-refractivity contribution is -0.137. The zero-order chi connectivity index (χ0) is 19.8.